The van der Waals surface area contributed by atoms with Crippen molar-refractivity contribution >= 4 is 15.7 Å². The van der Waals surface area contributed by atoms with Crippen LogP contribution in [0.1, 0.15) is 11.1 Å². The van der Waals surface area contributed by atoms with Gasteiger partial charge in [-0.05, 0) is 49.2 Å². The summed E-state index contributed by atoms with van der Waals surface area (Å²) < 4.78 is 26.9. The SMILES string of the molecule is Cc1ccc(S(=O)(=O)Nc2ccccc2)cc1C. The van der Waals surface area contributed by atoms with Gasteiger partial charge in [0.15, 0.2) is 0 Å². The molecular weight excluding hydrogens is 246 g/mol. The number of benzene rings is 2. The number of nitrogens with one attached hydrogen (secondary N) is 1. The van der Waals surface area contributed by atoms with Gasteiger partial charge in [0.1, 0.15) is 0 Å². The zero-order chi connectivity index (χ0) is 13.2. The zero-order valence-electron chi connectivity index (χ0n) is 10.3. The molecule has 18 heavy (non-hydrogen) atoms. The second kappa shape index (κ2) is 4.82. The van der Waals surface area contributed by atoms with Gasteiger partial charge < -0.3 is 0 Å². The third kappa shape index (κ3) is 2.71. The molecule has 94 valence electrons. The Morgan fingerprint density at radius 1 is 0.889 bits per heavy atom. The van der Waals surface area contributed by atoms with Crippen molar-refractivity contribution in [3.8, 4) is 0 Å². The lowest BCUT2D eigenvalue weighted by atomic mass is 10.1. The maximum atomic E-state index is 12.2. The van der Waals surface area contributed by atoms with E-state index in [1.807, 2.05) is 26.0 Å². The molecule has 2 rings (SSSR count). The number of hydrogen-bond acceptors (Lipinski definition) is 2. The molecule has 2 aromatic rings. The smallest absolute Gasteiger partial charge is 0.261 e. The van der Waals surface area contributed by atoms with E-state index in [9.17, 15) is 8.42 Å². The molecule has 0 saturated heterocycles. The maximum absolute atomic E-state index is 12.2. The highest BCUT2D eigenvalue weighted by Gasteiger charge is 2.14. The molecule has 0 aliphatic carbocycles. The van der Waals surface area contributed by atoms with Crippen molar-refractivity contribution in [2.24, 2.45) is 0 Å². The lowest BCUT2D eigenvalue weighted by molar-refractivity contribution is 0.601. The highest BCUT2D eigenvalue weighted by atomic mass is 32.2. The maximum Gasteiger partial charge on any atom is 0.261 e. The van der Waals surface area contributed by atoms with Gasteiger partial charge >= 0.3 is 0 Å². The van der Waals surface area contributed by atoms with Crippen LogP contribution in [0, 0.1) is 13.8 Å². The second-order valence-electron chi connectivity index (χ2n) is 4.22. The van der Waals surface area contributed by atoms with Gasteiger partial charge in [-0.2, -0.15) is 0 Å². The topological polar surface area (TPSA) is 46.2 Å². The number of aryl methyl sites for hydroxylation is 2. The first-order valence-electron chi connectivity index (χ1n) is 5.64. The molecule has 0 aliphatic heterocycles. The van der Waals surface area contributed by atoms with Crippen LogP contribution < -0.4 is 4.72 Å². The molecule has 0 spiro atoms. The van der Waals surface area contributed by atoms with Crippen LogP contribution in [0.4, 0.5) is 5.69 Å². The van der Waals surface area contributed by atoms with E-state index in [-0.39, 0.29) is 4.90 Å². The van der Waals surface area contributed by atoms with Crippen molar-refractivity contribution in [1.29, 1.82) is 0 Å². The Bertz CT molecular complexity index is 649. The van der Waals surface area contributed by atoms with Gasteiger partial charge in [0.25, 0.3) is 10.0 Å². The normalized spacial score (nSPS) is 11.2. The van der Waals surface area contributed by atoms with Crippen molar-refractivity contribution in [1.82, 2.24) is 0 Å². The molecule has 0 unspecified atom stereocenters. The Labute approximate surface area is 108 Å². The molecule has 1 N–H and O–H groups in total. The summed E-state index contributed by atoms with van der Waals surface area (Å²) in [5.74, 6) is 0. The Kier molecular flexibility index (Phi) is 3.39. The van der Waals surface area contributed by atoms with Gasteiger partial charge in [-0.1, -0.05) is 24.3 Å². The molecule has 2 aromatic carbocycles. The molecule has 0 radical (unpaired) electrons. The standard InChI is InChI=1S/C14H15NO2S/c1-11-8-9-14(10-12(11)2)18(16,17)15-13-6-4-3-5-7-13/h3-10,15H,1-2H3. The number of hydrogen-bond donors (Lipinski definition) is 1. The van der Waals surface area contributed by atoms with Crippen molar-refractivity contribution in [3.63, 3.8) is 0 Å². The minimum atomic E-state index is -3.50. The molecule has 3 nitrogen and oxygen atoms in total. The molecule has 0 amide bonds. The summed E-state index contributed by atoms with van der Waals surface area (Å²) in [6, 6.07) is 14.0. The summed E-state index contributed by atoms with van der Waals surface area (Å²) in [6.45, 7) is 3.85. The molecule has 0 fully saturated rings. The van der Waals surface area contributed by atoms with Crippen molar-refractivity contribution < 1.29 is 8.42 Å². The Morgan fingerprint density at radius 3 is 2.17 bits per heavy atom. The van der Waals surface area contributed by atoms with Crippen LogP contribution in [-0.2, 0) is 10.0 Å². The molecular formula is C14H15NO2S. The van der Waals surface area contributed by atoms with Crippen LogP contribution in [0.15, 0.2) is 53.4 Å². The third-order valence-electron chi connectivity index (χ3n) is 2.81. The van der Waals surface area contributed by atoms with Crippen LogP contribution in [0.2, 0.25) is 0 Å². The van der Waals surface area contributed by atoms with E-state index in [2.05, 4.69) is 4.72 Å². The lowest BCUT2D eigenvalue weighted by Gasteiger charge is -2.09. The monoisotopic (exact) mass is 261 g/mol. The van der Waals surface area contributed by atoms with Gasteiger partial charge in [0, 0.05) is 5.69 Å². The van der Waals surface area contributed by atoms with Gasteiger partial charge in [0.2, 0.25) is 0 Å². The number of anilines is 1. The van der Waals surface area contributed by atoms with Crippen molar-refractivity contribution in [2.75, 3.05) is 4.72 Å². The van der Waals surface area contributed by atoms with Crippen LogP contribution in [-0.4, -0.2) is 8.42 Å². The Balaban J connectivity index is 2.34. The second-order valence-corrected chi connectivity index (χ2v) is 5.90. The molecule has 0 aromatic heterocycles. The summed E-state index contributed by atoms with van der Waals surface area (Å²) in [5, 5.41) is 0. The fourth-order valence-electron chi connectivity index (χ4n) is 1.60. The first kappa shape index (κ1) is 12.6. The minimum absolute atomic E-state index is 0.287. The average Bonchev–Trinajstić information content (AvgIpc) is 2.33. The van der Waals surface area contributed by atoms with E-state index >= 15 is 0 Å². The van der Waals surface area contributed by atoms with Crippen LogP contribution in [0.3, 0.4) is 0 Å². The zero-order valence-corrected chi connectivity index (χ0v) is 11.2. The first-order chi connectivity index (χ1) is 8.49. The highest BCUT2D eigenvalue weighted by molar-refractivity contribution is 7.92. The highest BCUT2D eigenvalue weighted by Crippen LogP contribution is 2.18. The average molecular weight is 261 g/mol. The van der Waals surface area contributed by atoms with Gasteiger partial charge in [0.05, 0.1) is 4.90 Å². The molecule has 4 heteroatoms. The van der Waals surface area contributed by atoms with Crippen LogP contribution in [0.25, 0.3) is 0 Å². The Hall–Kier alpha value is -1.81. The summed E-state index contributed by atoms with van der Waals surface area (Å²) in [4.78, 5) is 0.287. The summed E-state index contributed by atoms with van der Waals surface area (Å²) in [6.07, 6.45) is 0. The van der Waals surface area contributed by atoms with E-state index in [1.165, 1.54) is 0 Å². The summed E-state index contributed by atoms with van der Waals surface area (Å²) in [5.41, 5.74) is 2.61. The van der Waals surface area contributed by atoms with Crippen LogP contribution in [0.5, 0.6) is 0 Å². The third-order valence-corrected chi connectivity index (χ3v) is 4.19. The largest absolute Gasteiger partial charge is 0.280 e. The van der Waals surface area contributed by atoms with Crippen LogP contribution >= 0.6 is 0 Å². The predicted octanol–water partition coefficient (Wildman–Crippen LogP) is 3.10. The Morgan fingerprint density at radius 2 is 1.56 bits per heavy atom. The van der Waals surface area contributed by atoms with E-state index in [0.717, 1.165) is 11.1 Å². The van der Waals surface area contributed by atoms with Gasteiger partial charge in [-0.15, -0.1) is 0 Å². The molecule has 0 bridgehead atoms. The molecule has 0 saturated carbocycles. The predicted molar refractivity (Wildman–Crippen MR) is 73.2 cm³/mol. The van der Waals surface area contributed by atoms with Crippen molar-refractivity contribution in [3.05, 3.63) is 59.7 Å². The molecule has 0 atom stereocenters. The minimum Gasteiger partial charge on any atom is -0.280 e. The fraction of sp³-hybridized carbons (Fsp3) is 0.143. The molecule has 0 aliphatic rings. The number of para-hydroxylation sites is 1. The van der Waals surface area contributed by atoms with Gasteiger partial charge in [-0.3, -0.25) is 4.72 Å². The first-order valence-corrected chi connectivity index (χ1v) is 7.12. The van der Waals surface area contributed by atoms with E-state index in [0.29, 0.717) is 5.69 Å². The van der Waals surface area contributed by atoms with E-state index in [4.69, 9.17) is 0 Å². The fourth-order valence-corrected chi connectivity index (χ4v) is 2.74. The van der Waals surface area contributed by atoms with E-state index < -0.39 is 10.0 Å². The number of sulfonamides is 1. The van der Waals surface area contributed by atoms with Gasteiger partial charge in [-0.25, -0.2) is 8.42 Å². The summed E-state index contributed by atoms with van der Waals surface area (Å²) >= 11 is 0. The van der Waals surface area contributed by atoms with E-state index in [1.54, 1.807) is 36.4 Å². The molecule has 0 heterocycles. The summed E-state index contributed by atoms with van der Waals surface area (Å²) in [7, 11) is -3.50. The van der Waals surface area contributed by atoms with Crippen molar-refractivity contribution in [2.45, 2.75) is 18.7 Å². The lowest BCUT2D eigenvalue weighted by Crippen LogP contribution is -2.13. The quantitative estimate of drug-likeness (QED) is 0.922. The number of rotatable bonds is 3.